The summed E-state index contributed by atoms with van der Waals surface area (Å²) in [6, 6.07) is 0.159. The first kappa shape index (κ1) is 23.2. The van der Waals surface area contributed by atoms with Crippen molar-refractivity contribution < 1.29 is 14.6 Å². The summed E-state index contributed by atoms with van der Waals surface area (Å²) in [6.45, 7) is 10.8. The Bertz CT molecular complexity index is 266. The molecule has 0 saturated heterocycles. The molecule has 128 valence electrons. The number of guanidine groups is 1. The average molecular weight is 417 g/mol. The van der Waals surface area contributed by atoms with Crippen molar-refractivity contribution in [2.24, 2.45) is 10.9 Å². The van der Waals surface area contributed by atoms with Crippen LogP contribution in [0.3, 0.4) is 0 Å². The van der Waals surface area contributed by atoms with Gasteiger partial charge in [0.15, 0.2) is 5.96 Å². The zero-order valence-corrected chi connectivity index (χ0v) is 16.2. The maximum Gasteiger partial charge on any atom is 0.191 e. The second-order valence-corrected chi connectivity index (χ2v) is 5.31. The van der Waals surface area contributed by atoms with Crippen molar-refractivity contribution in [2.45, 2.75) is 39.8 Å². The minimum atomic E-state index is -0.582. The first-order valence-corrected chi connectivity index (χ1v) is 7.29. The molecule has 6 nitrogen and oxygen atoms in total. The number of nitrogens with one attached hydrogen (secondary N) is 2. The standard InChI is InChI=1S/C14H31N3O3.HI/c1-6-15-14(17-12(4)9-19-5)16-7-13(18)10-20-8-11(2)3;/h11-13,18H,6-10H2,1-5H3,(H2,15,16,17);1H. The van der Waals surface area contributed by atoms with Crippen molar-refractivity contribution in [3.8, 4) is 0 Å². The zero-order valence-electron chi connectivity index (χ0n) is 13.9. The van der Waals surface area contributed by atoms with Crippen LogP contribution in [0.2, 0.25) is 0 Å². The molecule has 0 rings (SSSR count). The van der Waals surface area contributed by atoms with Crippen molar-refractivity contribution in [1.82, 2.24) is 10.6 Å². The van der Waals surface area contributed by atoms with E-state index in [2.05, 4.69) is 29.5 Å². The summed E-state index contributed by atoms with van der Waals surface area (Å²) < 4.78 is 10.5. The lowest BCUT2D eigenvalue weighted by Crippen LogP contribution is -2.44. The fourth-order valence-electron chi connectivity index (χ4n) is 1.53. The minimum absolute atomic E-state index is 0. The lowest BCUT2D eigenvalue weighted by atomic mass is 10.2. The summed E-state index contributed by atoms with van der Waals surface area (Å²) in [4.78, 5) is 4.34. The van der Waals surface area contributed by atoms with Crippen molar-refractivity contribution in [2.75, 3.05) is 40.0 Å². The van der Waals surface area contributed by atoms with E-state index in [9.17, 15) is 5.11 Å². The molecule has 0 aliphatic heterocycles. The first-order chi connectivity index (χ1) is 9.49. The Morgan fingerprint density at radius 2 is 1.86 bits per heavy atom. The number of aliphatic hydroxyl groups excluding tert-OH is 1. The highest BCUT2D eigenvalue weighted by molar-refractivity contribution is 14.0. The topological polar surface area (TPSA) is 75.1 Å². The number of halogens is 1. The Labute approximate surface area is 146 Å². The van der Waals surface area contributed by atoms with Gasteiger partial charge in [-0.2, -0.15) is 0 Å². The molecule has 0 aromatic carbocycles. The molecule has 0 aliphatic rings. The highest BCUT2D eigenvalue weighted by Crippen LogP contribution is 1.95. The summed E-state index contributed by atoms with van der Waals surface area (Å²) in [7, 11) is 1.66. The molecule has 0 radical (unpaired) electrons. The number of nitrogens with zero attached hydrogens (tertiary/aromatic N) is 1. The minimum Gasteiger partial charge on any atom is -0.389 e. The molecule has 21 heavy (non-hydrogen) atoms. The average Bonchev–Trinajstić information content (AvgIpc) is 2.36. The van der Waals surface area contributed by atoms with Gasteiger partial charge < -0.3 is 25.2 Å². The molecular weight excluding hydrogens is 385 g/mol. The van der Waals surface area contributed by atoms with Crippen LogP contribution in [0.4, 0.5) is 0 Å². The maximum absolute atomic E-state index is 9.80. The van der Waals surface area contributed by atoms with Gasteiger partial charge in [-0.05, 0) is 19.8 Å². The predicted molar refractivity (Wildman–Crippen MR) is 97.5 cm³/mol. The van der Waals surface area contributed by atoms with Gasteiger partial charge in [0, 0.05) is 26.3 Å². The lowest BCUT2D eigenvalue weighted by molar-refractivity contribution is 0.0301. The van der Waals surface area contributed by atoms with Gasteiger partial charge in [-0.15, -0.1) is 24.0 Å². The van der Waals surface area contributed by atoms with Crippen molar-refractivity contribution >= 4 is 29.9 Å². The van der Waals surface area contributed by atoms with Crippen LogP contribution in [-0.2, 0) is 9.47 Å². The van der Waals surface area contributed by atoms with E-state index in [0.29, 0.717) is 38.2 Å². The Morgan fingerprint density at radius 3 is 2.38 bits per heavy atom. The normalized spacial score (nSPS) is 14.5. The van der Waals surface area contributed by atoms with Crippen LogP contribution in [0.1, 0.15) is 27.7 Å². The number of hydrogen-bond donors (Lipinski definition) is 3. The molecule has 3 N–H and O–H groups in total. The van der Waals surface area contributed by atoms with Crippen LogP contribution >= 0.6 is 24.0 Å². The molecule has 0 heterocycles. The molecule has 7 heteroatoms. The van der Waals surface area contributed by atoms with Crippen LogP contribution in [0.25, 0.3) is 0 Å². The van der Waals surface area contributed by atoms with Crippen LogP contribution < -0.4 is 10.6 Å². The summed E-state index contributed by atoms with van der Waals surface area (Å²) >= 11 is 0. The monoisotopic (exact) mass is 417 g/mol. The van der Waals surface area contributed by atoms with Gasteiger partial charge in [-0.25, -0.2) is 0 Å². The van der Waals surface area contributed by atoms with Crippen molar-refractivity contribution in [1.29, 1.82) is 0 Å². The van der Waals surface area contributed by atoms with E-state index in [-0.39, 0.29) is 30.0 Å². The Balaban J connectivity index is 0. The Morgan fingerprint density at radius 1 is 1.19 bits per heavy atom. The summed E-state index contributed by atoms with van der Waals surface area (Å²) in [5, 5.41) is 16.1. The van der Waals surface area contributed by atoms with Gasteiger partial charge in [-0.1, -0.05) is 13.8 Å². The largest absolute Gasteiger partial charge is 0.389 e. The molecule has 0 fully saturated rings. The Kier molecular flexibility index (Phi) is 16.3. The van der Waals surface area contributed by atoms with Crippen molar-refractivity contribution in [3.63, 3.8) is 0 Å². The second-order valence-electron chi connectivity index (χ2n) is 5.31. The van der Waals surface area contributed by atoms with Crippen LogP contribution in [0.5, 0.6) is 0 Å². The zero-order chi connectivity index (χ0) is 15.4. The van der Waals surface area contributed by atoms with E-state index in [0.717, 1.165) is 6.54 Å². The van der Waals surface area contributed by atoms with Gasteiger partial charge >= 0.3 is 0 Å². The van der Waals surface area contributed by atoms with E-state index in [1.54, 1.807) is 7.11 Å². The number of aliphatic imine (C=N–C) groups is 1. The first-order valence-electron chi connectivity index (χ1n) is 7.29. The van der Waals surface area contributed by atoms with E-state index >= 15 is 0 Å². The molecule has 0 aromatic heterocycles. The highest BCUT2D eigenvalue weighted by atomic mass is 127. The summed E-state index contributed by atoms with van der Waals surface area (Å²) in [5.41, 5.74) is 0. The smallest absolute Gasteiger partial charge is 0.191 e. The summed E-state index contributed by atoms with van der Waals surface area (Å²) in [6.07, 6.45) is -0.582. The number of ether oxygens (including phenoxy) is 2. The van der Waals surface area contributed by atoms with Gasteiger partial charge in [-0.3, -0.25) is 4.99 Å². The third-order valence-corrected chi connectivity index (χ3v) is 2.37. The van der Waals surface area contributed by atoms with Gasteiger partial charge in [0.25, 0.3) is 0 Å². The molecule has 0 amide bonds. The maximum atomic E-state index is 9.80. The van der Waals surface area contributed by atoms with E-state index in [4.69, 9.17) is 9.47 Å². The highest BCUT2D eigenvalue weighted by Gasteiger charge is 2.07. The van der Waals surface area contributed by atoms with E-state index in [1.807, 2.05) is 13.8 Å². The number of hydrogen-bond acceptors (Lipinski definition) is 4. The fourth-order valence-corrected chi connectivity index (χ4v) is 1.53. The molecule has 0 bridgehead atoms. The second kappa shape index (κ2) is 14.8. The molecule has 0 saturated carbocycles. The molecule has 0 aliphatic carbocycles. The molecule has 2 unspecified atom stereocenters. The predicted octanol–water partition coefficient (Wildman–Crippen LogP) is 1.23. The molecule has 0 spiro atoms. The third kappa shape index (κ3) is 14.6. The third-order valence-electron chi connectivity index (χ3n) is 2.37. The van der Waals surface area contributed by atoms with Gasteiger partial charge in [0.1, 0.15) is 0 Å². The van der Waals surface area contributed by atoms with Crippen LogP contribution in [0.15, 0.2) is 4.99 Å². The van der Waals surface area contributed by atoms with Crippen molar-refractivity contribution in [3.05, 3.63) is 0 Å². The number of rotatable bonds is 10. The van der Waals surface area contributed by atoms with Gasteiger partial charge in [0.2, 0.25) is 0 Å². The fraction of sp³-hybridized carbons (Fsp3) is 0.929. The lowest BCUT2D eigenvalue weighted by Gasteiger charge is -2.17. The number of methoxy groups -OCH3 is 1. The van der Waals surface area contributed by atoms with Gasteiger partial charge in [0.05, 0.1) is 25.9 Å². The van der Waals surface area contributed by atoms with E-state index in [1.165, 1.54) is 0 Å². The van der Waals surface area contributed by atoms with Crippen LogP contribution in [-0.4, -0.2) is 63.2 Å². The molecule has 2 atom stereocenters. The molecular formula is C14H32IN3O3. The Hall–Kier alpha value is -0.120. The molecule has 0 aromatic rings. The number of aliphatic hydroxyl groups is 1. The summed E-state index contributed by atoms with van der Waals surface area (Å²) in [5.74, 6) is 1.15. The SMILES string of the molecule is CCNC(=NCC(O)COCC(C)C)NC(C)COC.I. The van der Waals surface area contributed by atoms with Crippen LogP contribution in [0, 0.1) is 5.92 Å². The quantitative estimate of drug-likeness (QED) is 0.283. The van der Waals surface area contributed by atoms with E-state index < -0.39 is 6.10 Å².